The zero-order valence-electron chi connectivity index (χ0n) is 23.3. The summed E-state index contributed by atoms with van der Waals surface area (Å²) in [6.07, 6.45) is 9.25. The molecule has 0 spiro atoms. The van der Waals surface area contributed by atoms with Crippen molar-refractivity contribution in [2.45, 2.75) is 0 Å². The highest BCUT2D eigenvalue weighted by molar-refractivity contribution is 5.89. The maximum Gasteiger partial charge on any atom is 0.0137 e. The standard InChI is InChI=1S/C42H30/c1-2-12-29(13-3-1)32-16-10-17-33(26-32)34-18-11-19-35(28-34)41-37-20-6-8-22-39(37)42(40-23-9-7-21-38(40)41)36-25-24-30-14-4-5-15-31(30)27-36/h1-28,37,39H. The van der Waals surface area contributed by atoms with Crippen LogP contribution in [0.2, 0.25) is 0 Å². The van der Waals surface area contributed by atoms with Gasteiger partial charge in [0.25, 0.3) is 0 Å². The molecule has 2 aliphatic carbocycles. The van der Waals surface area contributed by atoms with Crippen molar-refractivity contribution in [2.24, 2.45) is 11.8 Å². The molecule has 8 rings (SSSR count). The predicted octanol–water partition coefficient (Wildman–Crippen LogP) is 8.94. The number of fused-ring (bicyclic) bond motifs is 3. The van der Waals surface area contributed by atoms with Gasteiger partial charge < -0.3 is 0 Å². The second-order valence-electron chi connectivity index (χ2n) is 11.3. The molecule has 2 aliphatic rings. The van der Waals surface area contributed by atoms with Crippen LogP contribution in [-0.2, 0) is 0 Å². The second kappa shape index (κ2) is 10.3. The van der Waals surface area contributed by atoms with Gasteiger partial charge >= 0.3 is 0 Å². The Kier molecular flexibility index (Phi) is 6.04. The molecule has 0 heterocycles. The van der Waals surface area contributed by atoms with E-state index in [-0.39, 0.29) is 11.8 Å². The van der Waals surface area contributed by atoms with E-state index in [4.69, 9.17) is 0 Å². The van der Waals surface area contributed by atoms with Gasteiger partial charge in [-0.2, -0.15) is 0 Å². The first kappa shape index (κ1) is 24.6. The van der Waals surface area contributed by atoms with Gasteiger partial charge in [-0.15, -0.1) is 0 Å². The van der Waals surface area contributed by atoms with Crippen molar-refractivity contribution in [3.8, 4) is 22.3 Å². The van der Waals surface area contributed by atoms with Crippen LogP contribution >= 0.6 is 0 Å². The molecule has 0 nitrogen and oxygen atoms in total. The molecule has 0 amide bonds. The third-order valence-electron chi connectivity index (χ3n) is 8.85. The van der Waals surface area contributed by atoms with Crippen LogP contribution in [0.4, 0.5) is 0 Å². The Bertz CT molecular complexity index is 2140. The molecule has 0 aromatic heterocycles. The quantitative estimate of drug-likeness (QED) is 0.212. The van der Waals surface area contributed by atoms with Gasteiger partial charge in [0, 0.05) is 11.8 Å². The maximum absolute atomic E-state index is 2.40. The minimum absolute atomic E-state index is 0.261. The third-order valence-corrected chi connectivity index (χ3v) is 8.85. The zero-order chi connectivity index (χ0) is 27.9. The van der Waals surface area contributed by atoms with Gasteiger partial charge in [0.05, 0.1) is 0 Å². The van der Waals surface area contributed by atoms with Crippen molar-refractivity contribution in [1.82, 2.24) is 0 Å². The van der Waals surface area contributed by atoms with Gasteiger partial charge in [-0.05, 0) is 83.9 Å². The smallest absolute Gasteiger partial charge is 0.0137 e. The molecule has 0 saturated carbocycles. The minimum Gasteiger partial charge on any atom is -0.0760 e. The summed E-state index contributed by atoms with van der Waals surface area (Å²) in [5, 5.41) is 5.23. The lowest BCUT2D eigenvalue weighted by molar-refractivity contribution is 0.686. The van der Waals surface area contributed by atoms with E-state index in [1.807, 2.05) is 0 Å². The van der Waals surface area contributed by atoms with E-state index < -0.39 is 0 Å². The van der Waals surface area contributed by atoms with Crippen molar-refractivity contribution in [1.29, 1.82) is 0 Å². The van der Waals surface area contributed by atoms with Crippen LogP contribution in [0.1, 0.15) is 11.1 Å². The lowest BCUT2D eigenvalue weighted by atomic mass is 9.70. The van der Waals surface area contributed by atoms with Gasteiger partial charge in [0.2, 0.25) is 0 Å². The van der Waals surface area contributed by atoms with Gasteiger partial charge in [-0.25, -0.2) is 0 Å². The Balaban J connectivity index is 1.34. The molecule has 0 saturated heterocycles. The molecule has 0 heteroatoms. The highest BCUT2D eigenvalue weighted by Gasteiger charge is 2.31. The van der Waals surface area contributed by atoms with Crippen LogP contribution < -0.4 is 10.4 Å². The number of benzene rings is 6. The van der Waals surface area contributed by atoms with Crippen molar-refractivity contribution in [3.05, 3.63) is 191 Å². The van der Waals surface area contributed by atoms with Crippen LogP contribution in [0.3, 0.4) is 0 Å². The van der Waals surface area contributed by atoms with Crippen molar-refractivity contribution < 1.29 is 0 Å². The van der Waals surface area contributed by atoms with Crippen LogP contribution in [-0.4, -0.2) is 0 Å². The van der Waals surface area contributed by atoms with Crippen LogP contribution in [0.15, 0.2) is 170 Å². The first-order chi connectivity index (χ1) is 20.8. The first-order valence-corrected chi connectivity index (χ1v) is 14.8. The van der Waals surface area contributed by atoms with Gasteiger partial charge in [0.15, 0.2) is 0 Å². The molecule has 42 heavy (non-hydrogen) atoms. The Morgan fingerprint density at radius 3 is 1.45 bits per heavy atom. The summed E-state index contributed by atoms with van der Waals surface area (Å²) in [5.41, 5.74) is 10.4. The molecule has 0 aliphatic heterocycles. The lowest BCUT2D eigenvalue weighted by Crippen LogP contribution is -2.40. The van der Waals surface area contributed by atoms with E-state index in [0.29, 0.717) is 0 Å². The highest BCUT2D eigenvalue weighted by Crippen LogP contribution is 2.41. The summed E-state index contributed by atoms with van der Waals surface area (Å²) in [5.74, 6) is 0.531. The fourth-order valence-corrected chi connectivity index (χ4v) is 6.90. The van der Waals surface area contributed by atoms with Gasteiger partial charge in [-0.3, -0.25) is 0 Å². The largest absolute Gasteiger partial charge is 0.0760 e. The molecule has 6 aromatic rings. The van der Waals surface area contributed by atoms with Crippen molar-refractivity contribution in [3.63, 3.8) is 0 Å². The van der Waals surface area contributed by atoms with E-state index in [1.165, 1.54) is 65.7 Å². The van der Waals surface area contributed by atoms with E-state index in [1.54, 1.807) is 0 Å². The maximum atomic E-state index is 2.40. The number of allylic oxidation sites excluding steroid dienone is 4. The lowest BCUT2D eigenvalue weighted by Gasteiger charge is -2.33. The highest BCUT2D eigenvalue weighted by atomic mass is 14.3. The summed E-state index contributed by atoms with van der Waals surface area (Å²) in [6.45, 7) is 0. The van der Waals surface area contributed by atoms with E-state index >= 15 is 0 Å². The SMILES string of the molecule is C1=CC2C(c3cccc(-c4cccc(-c5ccccc5)c4)c3)=c3ccccc3=C(c3ccc4ccccc4c3)C2C=C1. The molecule has 0 fully saturated rings. The summed E-state index contributed by atoms with van der Waals surface area (Å²) in [7, 11) is 0. The Hall–Kier alpha value is -5.20. The Morgan fingerprint density at radius 1 is 0.310 bits per heavy atom. The van der Waals surface area contributed by atoms with Crippen LogP contribution in [0.5, 0.6) is 0 Å². The predicted molar refractivity (Wildman–Crippen MR) is 177 cm³/mol. The Labute approximate surface area is 246 Å². The molecule has 0 N–H and O–H groups in total. The van der Waals surface area contributed by atoms with Gasteiger partial charge in [-0.1, -0.05) is 152 Å². The Morgan fingerprint density at radius 2 is 0.786 bits per heavy atom. The monoisotopic (exact) mass is 534 g/mol. The van der Waals surface area contributed by atoms with Crippen molar-refractivity contribution >= 4 is 21.9 Å². The molecular formula is C42H30. The second-order valence-corrected chi connectivity index (χ2v) is 11.3. The average Bonchev–Trinajstić information content (AvgIpc) is 3.07. The molecular weight excluding hydrogens is 504 g/mol. The summed E-state index contributed by atoms with van der Waals surface area (Å²) in [6, 6.07) is 53.3. The van der Waals surface area contributed by atoms with Crippen LogP contribution in [0.25, 0.3) is 44.2 Å². The molecule has 198 valence electrons. The summed E-state index contributed by atoms with van der Waals surface area (Å²) in [4.78, 5) is 0. The van der Waals surface area contributed by atoms with Gasteiger partial charge in [0.1, 0.15) is 0 Å². The van der Waals surface area contributed by atoms with Crippen LogP contribution in [0, 0.1) is 11.8 Å². The fraction of sp³-hybridized carbons (Fsp3) is 0.0476. The zero-order valence-corrected chi connectivity index (χ0v) is 23.3. The summed E-state index contributed by atoms with van der Waals surface area (Å²) < 4.78 is 0. The third kappa shape index (κ3) is 4.24. The van der Waals surface area contributed by atoms with Crippen molar-refractivity contribution in [2.75, 3.05) is 0 Å². The topological polar surface area (TPSA) is 0 Å². The van der Waals surface area contributed by atoms with E-state index in [9.17, 15) is 0 Å². The molecule has 2 atom stereocenters. The number of rotatable bonds is 4. The minimum atomic E-state index is 0.261. The van der Waals surface area contributed by atoms with E-state index in [2.05, 4.69) is 170 Å². The molecule has 0 bridgehead atoms. The normalized spacial score (nSPS) is 17.2. The number of hydrogen-bond acceptors (Lipinski definition) is 0. The summed E-state index contributed by atoms with van der Waals surface area (Å²) >= 11 is 0. The average molecular weight is 535 g/mol. The number of hydrogen-bond donors (Lipinski definition) is 0. The first-order valence-electron chi connectivity index (χ1n) is 14.8. The van der Waals surface area contributed by atoms with E-state index in [0.717, 1.165) is 0 Å². The molecule has 6 aromatic carbocycles. The molecule has 0 radical (unpaired) electrons. The molecule has 2 unspecified atom stereocenters. The fourth-order valence-electron chi connectivity index (χ4n) is 6.90.